The summed E-state index contributed by atoms with van der Waals surface area (Å²) >= 11 is 0. The summed E-state index contributed by atoms with van der Waals surface area (Å²) in [6.07, 6.45) is 0. The van der Waals surface area contributed by atoms with E-state index < -0.39 is 41.4 Å². The van der Waals surface area contributed by atoms with Crippen LogP contribution in [0.1, 0.15) is 24.2 Å². The molecule has 0 aliphatic rings. The van der Waals surface area contributed by atoms with E-state index in [2.05, 4.69) is 10.1 Å². The Kier molecular flexibility index (Phi) is 5.42. The molecule has 5 nitrogen and oxygen atoms in total. The summed E-state index contributed by atoms with van der Waals surface area (Å²) in [6, 6.07) is 1.32. The van der Waals surface area contributed by atoms with E-state index in [4.69, 9.17) is 5.73 Å². The lowest BCUT2D eigenvalue weighted by molar-refractivity contribution is -0.124. The van der Waals surface area contributed by atoms with Crippen molar-refractivity contribution >= 4 is 17.6 Å². The maximum Gasteiger partial charge on any atom is 0.341 e. The predicted octanol–water partition coefficient (Wildman–Crippen LogP) is 1.48. The van der Waals surface area contributed by atoms with Gasteiger partial charge in [0.05, 0.1) is 11.3 Å². The van der Waals surface area contributed by atoms with E-state index in [0.717, 1.165) is 0 Å². The Morgan fingerprint density at radius 3 is 2.55 bits per heavy atom. The van der Waals surface area contributed by atoms with Crippen molar-refractivity contribution in [1.29, 1.82) is 0 Å². The molecule has 0 spiro atoms. The molecular weight excluding hydrogens is 270 g/mol. The van der Waals surface area contributed by atoms with Crippen molar-refractivity contribution < 1.29 is 23.1 Å². The Morgan fingerprint density at radius 1 is 1.30 bits per heavy atom. The molecule has 1 aromatic carbocycles. The highest BCUT2D eigenvalue weighted by Gasteiger charge is 2.17. The molecule has 0 aliphatic heterocycles. The van der Waals surface area contributed by atoms with Gasteiger partial charge in [-0.15, -0.1) is 0 Å². The monoisotopic (exact) mass is 286 g/mol. The number of halogens is 2. The fourth-order valence-electron chi connectivity index (χ4n) is 1.30. The molecular formula is C13H16F2N2O3. The minimum atomic E-state index is -1.12. The lowest BCUT2D eigenvalue weighted by Gasteiger charge is -2.09. The highest BCUT2D eigenvalue weighted by Crippen LogP contribution is 2.17. The average molecular weight is 286 g/mol. The van der Waals surface area contributed by atoms with Crippen LogP contribution in [0.5, 0.6) is 0 Å². The summed E-state index contributed by atoms with van der Waals surface area (Å²) in [5.41, 5.74) is 4.14. The Hall–Kier alpha value is -2.18. The summed E-state index contributed by atoms with van der Waals surface area (Å²) < 4.78 is 31.2. The molecule has 20 heavy (non-hydrogen) atoms. The summed E-state index contributed by atoms with van der Waals surface area (Å²) in [4.78, 5) is 22.8. The van der Waals surface area contributed by atoms with Gasteiger partial charge in [-0.1, -0.05) is 13.8 Å². The van der Waals surface area contributed by atoms with Gasteiger partial charge in [-0.2, -0.15) is 0 Å². The number of hydrogen-bond donors (Lipinski definition) is 2. The molecule has 0 heterocycles. The first kappa shape index (κ1) is 15.9. The number of rotatable bonds is 5. The van der Waals surface area contributed by atoms with Crippen LogP contribution in [0.3, 0.4) is 0 Å². The van der Waals surface area contributed by atoms with Gasteiger partial charge < -0.3 is 15.8 Å². The Labute approximate surface area is 115 Å². The molecule has 0 fully saturated rings. The molecule has 0 unspecified atom stereocenters. The molecule has 1 aromatic rings. The summed E-state index contributed by atoms with van der Waals surface area (Å²) in [6.45, 7) is 3.68. The van der Waals surface area contributed by atoms with Crippen molar-refractivity contribution in [2.24, 2.45) is 5.92 Å². The van der Waals surface area contributed by atoms with E-state index in [1.807, 2.05) is 13.8 Å². The standard InChI is InChI=1S/C13H16F2N2O3/c1-7(2)5-17-12(18)6-20-13(19)8-3-10(15)11(16)4-9(8)14/h3-4,7H,5-6,16H2,1-2H3,(H,17,18). The number of esters is 1. The number of carbonyl (C=O) groups excluding carboxylic acids is 2. The largest absolute Gasteiger partial charge is 0.452 e. The third-order valence-corrected chi connectivity index (χ3v) is 2.35. The van der Waals surface area contributed by atoms with Gasteiger partial charge in [0.15, 0.2) is 6.61 Å². The maximum absolute atomic E-state index is 13.4. The molecule has 0 atom stereocenters. The van der Waals surface area contributed by atoms with E-state index in [0.29, 0.717) is 18.7 Å². The van der Waals surface area contributed by atoms with Crippen LogP contribution >= 0.6 is 0 Å². The zero-order valence-corrected chi connectivity index (χ0v) is 11.2. The van der Waals surface area contributed by atoms with Crippen LogP contribution in [0, 0.1) is 17.6 Å². The lowest BCUT2D eigenvalue weighted by Crippen LogP contribution is -2.31. The third kappa shape index (κ3) is 4.49. The van der Waals surface area contributed by atoms with Crippen LogP contribution in [0.4, 0.5) is 14.5 Å². The quantitative estimate of drug-likeness (QED) is 0.634. The number of ether oxygens (including phenoxy) is 1. The first-order valence-electron chi connectivity index (χ1n) is 5.99. The van der Waals surface area contributed by atoms with Gasteiger partial charge in [0.25, 0.3) is 5.91 Å². The SMILES string of the molecule is CC(C)CNC(=O)COC(=O)c1cc(F)c(N)cc1F. The van der Waals surface area contributed by atoms with Crippen LogP contribution in [0.15, 0.2) is 12.1 Å². The molecule has 0 aliphatic carbocycles. The zero-order chi connectivity index (χ0) is 15.3. The van der Waals surface area contributed by atoms with E-state index in [1.54, 1.807) is 0 Å². The van der Waals surface area contributed by atoms with E-state index in [1.165, 1.54) is 0 Å². The van der Waals surface area contributed by atoms with Crippen molar-refractivity contribution in [3.05, 3.63) is 29.3 Å². The second-order valence-corrected chi connectivity index (χ2v) is 4.63. The van der Waals surface area contributed by atoms with Gasteiger partial charge in [-0.3, -0.25) is 4.79 Å². The maximum atomic E-state index is 13.4. The highest BCUT2D eigenvalue weighted by molar-refractivity contribution is 5.92. The molecule has 1 amide bonds. The minimum absolute atomic E-state index is 0.248. The highest BCUT2D eigenvalue weighted by atomic mass is 19.1. The van der Waals surface area contributed by atoms with Crippen LogP contribution in [-0.4, -0.2) is 25.0 Å². The first-order valence-corrected chi connectivity index (χ1v) is 5.99. The van der Waals surface area contributed by atoms with Gasteiger partial charge >= 0.3 is 5.97 Å². The fraction of sp³-hybridized carbons (Fsp3) is 0.385. The van der Waals surface area contributed by atoms with Crippen LogP contribution in [-0.2, 0) is 9.53 Å². The minimum Gasteiger partial charge on any atom is -0.452 e. The van der Waals surface area contributed by atoms with Crippen LogP contribution in [0.25, 0.3) is 0 Å². The summed E-state index contributed by atoms with van der Waals surface area (Å²) in [5, 5.41) is 2.52. The van der Waals surface area contributed by atoms with Gasteiger partial charge in [0, 0.05) is 12.6 Å². The number of anilines is 1. The molecule has 3 N–H and O–H groups in total. The number of nitrogens with one attached hydrogen (secondary N) is 1. The summed E-state index contributed by atoms with van der Waals surface area (Å²) in [7, 11) is 0. The Balaban J connectivity index is 2.59. The second kappa shape index (κ2) is 6.83. The first-order chi connectivity index (χ1) is 9.31. The number of benzene rings is 1. The third-order valence-electron chi connectivity index (χ3n) is 2.35. The Morgan fingerprint density at radius 2 is 1.95 bits per heavy atom. The van der Waals surface area contributed by atoms with Crippen molar-refractivity contribution in [2.75, 3.05) is 18.9 Å². The zero-order valence-electron chi connectivity index (χ0n) is 11.2. The van der Waals surface area contributed by atoms with Crippen molar-refractivity contribution in [3.63, 3.8) is 0 Å². The fourth-order valence-corrected chi connectivity index (χ4v) is 1.30. The predicted molar refractivity (Wildman–Crippen MR) is 68.9 cm³/mol. The summed E-state index contributed by atoms with van der Waals surface area (Å²) in [5.74, 6) is -3.32. The molecule has 1 rings (SSSR count). The van der Waals surface area contributed by atoms with Crippen LogP contribution in [0.2, 0.25) is 0 Å². The average Bonchev–Trinajstić information content (AvgIpc) is 2.37. The van der Waals surface area contributed by atoms with Crippen molar-refractivity contribution in [2.45, 2.75) is 13.8 Å². The molecule has 0 aromatic heterocycles. The lowest BCUT2D eigenvalue weighted by atomic mass is 10.2. The van der Waals surface area contributed by atoms with Crippen molar-refractivity contribution in [1.82, 2.24) is 5.32 Å². The van der Waals surface area contributed by atoms with Gasteiger partial charge in [0.2, 0.25) is 0 Å². The van der Waals surface area contributed by atoms with Crippen molar-refractivity contribution in [3.8, 4) is 0 Å². The smallest absolute Gasteiger partial charge is 0.341 e. The molecule has 110 valence electrons. The number of amides is 1. The number of hydrogen-bond acceptors (Lipinski definition) is 4. The van der Waals surface area contributed by atoms with E-state index in [9.17, 15) is 18.4 Å². The van der Waals surface area contributed by atoms with Gasteiger partial charge in [-0.25, -0.2) is 13.6 Å². The van der Waals surface area contributed by atoms with E-state index in [-0.39, 0.29) is 5.92 Å². The number of nitrogens with two attached hydrogens (primary N) is 1. The van der Waals surface area contributed by atoms with E-state index >= 15 is 0 Å². The molecule has 7 heteroatoms. The van der Waals surface area contributed by atoms with Gasteiger partial charge in [-0.05, 0) is 12.0 Å². The molecule has 0 saturated carbocycles. The normalized spacial score (nSPS) is 10.4. The topological polar surface area (TPSA) is 81.4 Å². The molecule has 0 radical (unpaired) electrons. The molecule has 0 bridgehead atoms. The van der Waals surface area contributed by atoms with Gasteiger partial charge in [0.1, 0.15) is 11.6 Å². The number of carbonyl (C=O) groups is 2. The Bertz CT molecular complexity index is 519. The number of nitrogen functional groups attached to an aromatic ring is 1. The molecule has 0 saturated heterocycles. The second-order valence-electron chi connectivity index (χ2n) is 4.63. The van der Waals surface area contributed by atoms with Crippen LogP contribution < -0.4 is 11.1 Å².